The van der Waals surface area contributed by atoms with Crippen LogP contribution in [-0.2, 0) is 4.79 Å². The fourth-order valence-corrected chi connectivity index (χ4v) is 1.52. The molecule has 1 amide bonds. The number of primary amides is 1. The number of carbonyl (C=O) groups excluding carboxylic acids is 1. The summed E-state index contributed by atoms with van der Waals surface area (Å²) < 4.78 is 0. The molecule has 0 bridgehead atoms. The van der Waals surface area contributed by atoms with Gasteiger partial charge in [0.05, 0.1) is 0 Å². The largest absolute Gasteiger partial charge is 0.481 e. The van der Waals surface area contributed by atoms with Crippen LogP contribution < -0.4 is 11.1 Å². The Balaban J connectivity index is 2.39. The van der Waals surface area contributed by atoms with Crippen LogP contribution in [-0.4, -0.2) is 23.5 Å². The highest BCUT2D eigenvalue weighted by molar-refractivity contribution is 5.93. The van der Waals surface area contributed by atoms with E-state index in [1.807, 2.05) is 6.92 Å². The van der Waals surface area contributed by atoms with Gasteiger partial charge in [0.25, 0.3) is 0 Å². The Labute approximate surface area is 106 Å². The van der Waals surface area contributed by atoms with Crippen LogP contribution in [0.1, 0.15) is 30.1 Å². The van der Waals surface area contributed by atoms with Gasteiger partial charge in [-0.3, -0.25) is 9.59 Å². The van der Waals surface area contributed by atoms with Gasteiger partial charge >= 0.3 is 5.97 Å². The smallest absolute Gasteiger partial charge is 0.303 e. The molecule has 0 aliphatic carbocycles. The van der Waals surface area contributed by atoms with Crippen LogP contribution in [0.5, 0.6) is 0 Å². The molecule has 1 aromatic carbocycles. The first-order chi connectivity index (χ1) is 8.49. The monoisotopic (exact) mass is 250 g/mol. The Morgan fingerprint density at radius 3 is 2.44 bits per heavy atom. The molecule has 18 heavy (non-hydrogen) atoms. The van der Waals surface area contributed by atoms with E-state index < -0.39 is 11.9 Å². The Kier molecular flexibility index (Phi) is 5.17. The van der Waals surface area contributed by atoms with Crippen molar-refractivity contribution in [3.63, 3.8) is 0 Å². The van der Waals surface area contributed by atoms with Gasteiger partial charge in [-0.2, -0.15) is 0 Å². The molecule has 0 saturated heterocycles. The molecule has 0 radical (unpaired) electrons. The number of carboxylic acid groups (broad SMARTS) is 1. The van der Waals surface area contributed by atoms with Crippen molar-refractivity contribution in [1.29, 1.82) is 0 Å². The Morgan fingerprint density at radius 1 is 1.33 bits per heavy atom. The second-order valence-electron chi connectivity index (χ2n) is 4.36. The highest BCUT2D eigenvalue weighted by Gasteiger charge is 2.05. The topological polar surface area (TPSA) is 92.4 Å². The molecule has 1 aromatic rings. The van der Waals surface area contributed by atoms with E-state index in [4.69, 9.17) is 10.8 Å². The van der Waals surface area contributed by atoms with E-state index in [2.05, 4.69) is 5.32 Å². The third-order valence-electron chi connectivity index (χ3n) is 2.68. The third-order valence-corrected chi connectivity index (χ3v) is 2.68. The molecule has 0 fully saturated rings. The predicted octanol–water partition coefficient (Wildman–Crippen LogP) is 1.70. The number of hydrogen-bond acceptors (Lipinski definition) is 3. The molecule has 0 aliphatic rings. The van der Waals surface area contributed by atoms with Gasteiger partial charge in [0.15, 0.2) is 0 Å². The number of benzene rings is 1. The third kappa shape index (κ3) is 4.86. The van der Waals surface area contributed by atoms with Gasteiger partial charge < -0.3 is 16.2 Å². The average Bonchev–Trinajstić information content (AvgIpc) is 2.34. The first-order valence-corrected chi connectivity index (χ1v) is 5.84. The molecule has 1 unspecified atom stereocenters. The quantitative estimate of drug-likeness (QED) is 0.686. The number of anilines is 1. The van der Waals surface area contributed by atoms with Gasteiger partial charge in [0.1, 0.15) is 0 Å². The number of nitrogens with two attached hydrogens (primary N) is 1. The van der Waals surface area contributed by atoms with Crippen LogP contribution in [0.3, 0.4) is 0 Å². The summed E-state index contributed by atoms with van der Waals surface area (Å²) >= 11 is 0. The molecule has 5 heteroatoms. The van der Waals surface area contributed by atoms with Crippen LogP contribution in [0.15, 0.2) is 24.3 Å². The molecular weight excluding hydrogens is 232 g/mol. The summed E-state index contributed by atoms with van der Waals surface area (Å²) in [4.78, 5) is 21.3. The zero-order chi connectivity index (χ0) is 13.5. The van der Waals surface area contributed by atoms with Gasteiger partial charge in [0.2, 0.25) is 5.91 Å². The minimum atomic E-state index is -0.771. The van der Waals surface area contributed by atoms with Crippen LogP contribution >= 0.6 is 0 Å². The molecule has 5 nitrogen and oxygen atoms in total. The maximum atomic E-state index is 10.9. The molecule has 0 aliphatic heterocycles. The lowest BCUT2D eigenvalue weighted by Crippen LogP contribution is -2.13. The summed E-state index contributed by atoms with van der Waals surface area (Å²) in [7, 11) is 0. The number of amides is 1. The van der Waals surface area contributed by atoms with Crippen molar-refractivity contribution in [1.82, 2.24) is 0 Å². The highest BCUT2D eigenvalue weighted by atomic mass is 16.4. The second kappa shape index (κ2) is 6.64. The van der Waals surface area contributed by atoms with Crippen molar-refractivity contribution >= 4 is 17.6 Å². The van der Waals surface area contributed by atoms with Crippen molar-refractivity contribution in [2.24, 2.45) is 11.7 Å². The van der Waals surface area contributed by atoms with Gasteiger partial charge in [-0.25, -0.2) is 0 Å². The number of hydrogen-bond donors (Lipinski definition) is 3. The lowest BCUT2D eigenvalue weighted by molar-refractivity contribution is -0.137. The SMILES string of the molecule is CC(CCC(=O)O)CNc1ccc(C(N)=O)cc1. The molecule has 1 atom stereocenters. The number of nitrogens with one attached hydrogen (secondary N) is 1. The van der Waals surface area contributed by atoms with Crippen LogP contribution in [0.4, 0.5) is 5.69 Å². The summed E-state index contributed by atoms with van der Waals surface area (Å²) in [6, 6.07) is 6.88. The standard InChI is InChI=1S/C13H18N2O3/c1-9(2-7-12(16)17)8-15-11-5-3-10(4-6-11)13(14)18/h3-6,9,15H,2,7-8H2,1H3,(H2,14,18)(H,16,17). The zero-order valence-corrected chi connectivity index (χ0v) is 10.3. The van der Waals surface area contributed by atoms with E-state index in [1.165, 1.54) is 0 Å². The van der Waals surface area contributed by atoms with Gasteiger partial charge in [-0.15, -0.1) is 0 Å². The summed E-state index contributed by atoms with van der Waals surface area (Å²) in [5.41, 5.74) is 6.50. The van der Waals surface area contributed by atoms with Crippen LogP contribution in [0, 0.1) is 5.92 Å². The normalized spacial score (nSPS) is 11.8. The second-order valence-corrected chi connectivity index (χ2v) is 4.36. The first-order valence-electron chi connectivity index (χ1n) is 5.84. The number of rotatable bonds is 7. The van der Waals surface area contributed by atoms with E-state index in [1.54, 1.807) is 24.3 Å². The van der Waals surface area contributed by atoms with Crippen molar-refractivity contribution in [3.05, 3.63) is 29.8 Å². The summed E-state index contributed by atoms with van der Waals surface area (Å²) in [6.45, 7) is 2.69. The summed E-state index contributed by atoms with van der Waals surface area (Å²) in [5, 5.41) is 11.8. The van der Waals surface area contributed by atoms with E-state index >= 15 is 0 Å². The van der Waals surface area contributed by atoms with Crippen LogP contribution in [0.2, 0.25) is 0 Å². The minimum absolute atomic E-state index is 0.184. The first kappa shape index (κ1) is 14.0. The Morgan fingerprint density at radius 2 is 1.94 bits per heavy atom. The Bertz CT molecular complexity index is 415. The highest BCUT2D eigenvalue weighted by Crippen LogP contribution is 2.12. The van der Waals surface area contributed by atoms with Crippen molar-refractivity contribution in [3.8, 4) is 0 Å². The maximum Gasteiger partial charge on any atom is 0.303 e. The maximum absolute atomic E-state index is 10.9. The molecule has 98 valence electrons. The van der Waals surface area contributed by atoms with Crippen molar-refractivity contribution in [2.75, 3.05) is 11.9 Å². The van der Waals surface area contributed by atoms with E-state index in [0.29, 0.717) is 18.5 Å². The van der Waals surface area contributed by atoms with Gasteiger partial charge in [-0.05, 0) is 36.6 Å². The van der Waals surface area contributed by atoms with E-state index in [-0.39, 0.29) is 12.3 Å². The Hall–Kier alpha value is -2.04. The summed E-state index contributed by atoms with van der Waals surface area (Å²) in [5.74, 6) is -0.944. The molecule has 0 spiro atoms. The zero-order valence-electron chi connectivity index (χ0n) is 10.3. The lowest BCUT2D eigenvalue weighted by Gasteiger charge is -2.12. The van der Waals surface area contributed by atoms with Crippen molar-refractivity contribution < 1.29 is 14.7 Å². The molecule has 0 heterocycles. The number of carbonyl (C=O) groups is 2. The predicted molar refractivity (Wildman–Crippen MR) is 69.5 cm³/mol. The van der Waals surface area contributed by atoms with Crippen molar-refractivity contribution in [2.45, 2.75) is 19.8 Å². The lowest BCUT2D eigenvalue weighted by atomic mass is 10.1. The molecule has 1 rings (SSSR count). The van der Waals surface area contributed by atoms with E-state index in [9.17, 15) is 9.59 Å². The minimum Gasteiger partial charge on any atom is -0.481 e. The average molecular weight is 250 g/mol. The molecule has 4 N–H and O–H groups in total. The fraction of sp³-hybridized carbons (Fsp3) is 0.385. The molecular formula is C13H18N2O3. The van der Waals surface area contributed by atoms with Gasteiger partial charge in [0, 0.05) is 24.2 Å². The number of aliphatic carboxylic acids is 1. The fourth-order valence-electron chi connectivity index (χ4n) is 1.52. The number of carboxylic acids is 1. The van der Waals surface area contributed by atoms with Gasteiger partial charge in [-0.1, -0.05) is 6.92 Å². The molecule has 0 saturated carbocycles. The molecule has 0 aromatic heterocycles. The van der Waals surface area contributed by atoms with Crippen LogP contribution in [0.25, 0.3) is 0 Å². The summed E-state index contributed by atoms with van der Waals surface area (Å²) in [6.07, 6.45) is 0.825. The van der Waals surface area contributed by atoms with E-state index in [0.717, 1.165) is 5.69 Å².